The number of carbonyl (C=O) groups is 1. The van der Waals surface area contributed by atoms with Crippen molar-refractivity contribution in [3.8, 4) is 11.8 Å². The van der Waals surface area contributed by atoms with Crippen molar-refractivity contribution in [2.24, 2.45) is 0 Å². The molecule has 2 rings (SSSR count). The molecule has 94 valence electrons. The van der Waals surface area contributed by atoms with Gasteiger partial charge in [0.2, 0.25) is 0 Å². The molecule has 0 aromatic carbocycles. The second kappa shape index (κ2) is 7.72. The molecule has 0 aliphatic heterocycles. The molecule has 0 saturated heterocycles. The first-order valence-electron chi connectivity index (χ1n) is 5.19. The van der Waals surface area contributed by atoms with E-state index in [9.17, 15) is 4.79 Å². The first-order valence-corrected chi connectivity index (χ1v) is 6.13. The number of aryl methyl sites for hydroxylation is 1. The number of carbonyl (C=O) groups excluding carboxylic acids is 3. The van der Waals surface area contributed by atoms with E-state index >= 15 is 0 Å². The number of thiophene rings is 1. The van der Waals surface area contributed by atoms with Crippen LogP contribution in [0.2, 0.25) is 0 Å². The van der Waals surface area contributed by atoms with Crippen molar-refractivity contribution in [3.63, 3.8) is 0 Å². The van der Waals surface area contributed by atoms with Gasteiger partial charge in [-0.2, -0.15) is 20.9 Å². The van der Waals surface area contributed by atoms with Gasteiger partial charge >= 0.3 is 6.15 Å². The van der Waals surface area contributed by atoms with E-state index < -0.39 is 0 Å². The van der Waals surface area contributed by atoms with Crippen LogP contribution in [0.1, 0.15) is 21.7 Å². The van der Waals surface area contributed by atoms with E-state index in [0.717, 1.165) is 11.3 Å². The van der Waals surface area contributed by atoms with Crippen LogP contribution in [0, 0.1) is 18.8 Å². The molecule has 0 aliphatic rings. The van der Waals surface area contributed by atoms with Crippen LogP contribution in [-0.2, 0) is 9.59 Å². The average molecular weight is 271 g/mol. The number of Topliss-reactive ketones (excluding diaryl/α,β-unsaturated/α-hetero) is 1. The summed E-state index contributed by atoms with van der Waals surface area (Å²) in [5.41, 5.74) is 2.09. The lowest BCUT2D eigenvalue weighted by molar-refractivity contribution is -0.191. The van der Waals surface area contributed by atoms with Crippen LogP contribution in [0.5, 0.6) is 0 Å². The van der Waals surface area contributed by atoms with Gasteiger partial charge in [-0.3, -0.25) is 4.79 Å². The molecule has 0 bridgehead atoms. The highest BCUT2D eigenvalue weighted by molar-refractivity contribution is 7.08. The van der Waals surface area contributed by atoms with E-state index in [1.165, 1.54) is 0 Å². The lowest BCUT2D eigenvalue weighted by Crippen LogP contribution is -1.99. The van der Waals surface area contributed by atoms with Crippen molar-refractivity contribution >= 4 is 23.3 Å². The Bertz CT molecular complexity index is 645. The van der Waals surface area contributed by atoms with Crippen LogP contribution >= 0.6 is 11.3 Å². The Morgan fingerprint density at radius 3 is 2.58 bits per heavy atom. The van der Waals surface area contributed by atoms with E-state index in [-0.39, 0.29) is 11.9 Å². The van der Waals surface area contributed by atoms with Gasteiger partial charge in [0.25, 0.3) is 5.78 Å². The highest BCUT2D eigenvalue weighted by atomic mass is 32.1. The van der Waals surface area contributed by atoms with Crippen molar-refractivity contribution < 1.29 is 14.4 Å². The van der Waals surface area contributed by atoms with Crippen molar-refractivity contribution in [1.82, 2.24) is 4.98 Å². The molecule has 2 aromatic rings. The lowest BCUT2D eigenvalue weighted by Gasteiger charge is -1.94. The predicted molar refractivity (Wildman–Crippen MR) is 69.5 cm³/mol. The molecule has 19 heavy (non-hydrogen) atoms. The molecule has 0 amide bonds. The van der Waals surface area contributed by atoms with Crippen LogP contribution < -0.4 is 0 Å². The molecule has 2 aromatic heterocycles. The van der Waals surface area contributed by atoms with Crippen molar-refractivity contribution in [2.75, 3.05) is 0 Å². The molecule has 0 radical (unpaired) electrons. The molecule has 0 N–H and O–H groups in total. The van der Waals surface area contributed by atoms with E-state index in [2.05, 4.69) is 16.8 Å². The third-order valence-electron chi connectivity index (χ3n) is 1.96. The number of rotatable bonds is 1. The molecule has 4 nitrogen and oxygen atoms in total. The van der Waals surface area contributed by atoms with Gasteiger partial charge in [-0.1, -0.05) is 12.0 Å². The summed E-state index contributed by atoms with van der Waals surface area (Å²) in [6, 6.07) is 7.22. The number of pyridine rings is 1. The van der Waals surface area contributed by atoms with Crippen LogP contribution in [0.25, 0.3) is 0 Å². The van der Waals surface area contributed by atoms with Crippen LogP contribution in [-0.4, -0.2) is 16.9 Å². The summed E-state index contributed by atoms with van der Waals surface area (Å²) in [5.74, 6) is 5.16. The van der Waals surface area contributed by atoms with Crippen LogP contribution in [0.4, 0.5) is 0 Å². The molecule has 0 spiro atoms. The van der Waals surface area contributed by atoms with Gasteiger partial charge in [-0.15, -0.1) is 0 Å². The second-order valence-electron chi connectivity index (χ2n) is 3.34. The fraction of sp³-hybridized carbons (Fsp3) is 0.0714. The van der Waals surface area contributed by atoms with Gasteiger partial charge in [0.1, 0.15) is 5.69 Å². The molecular formula is C14H9NO3S. The number of nitrogens with zero attached hydrogens (tertiary/aromatic N) is 1. The fourth-order valence-corrected chi connectivity index (χ4v) is 1.79. The Balaban J connectivity index is 0.000000550. The highest BCUT2D eigenvalue weighted by Gasteiger charge is 2.02. The number of hydrogen-bond donors (Lipinski definition) is 0. The Morgan fingerprint density at radius 1 is 1.26 bits per heavy atom. The van der Waals surface area contributed by atoms with Gasteiger partial charge in [0.15, 0.2) is 0 Å². The van der Waals surface area contributed by atoms with Gasteiger partial charge in [-0.25, -0.2) is 4.98 Å². The molecule has 0 saturated carbocycles. The van der Waals surface area contributed by atoms with Gasteiger partial charge in [0, 0.05) is 16.6 Å². The lowest BCUT2D eigenvalue weighted by atomic mass is 10.2. The van der Waals surface area contributed by atoms with Crippen LogP contribution in [0.15, 0.2) is 35.0 Å². The molecule has 0 fully saturated rings. The molecule has 0 aliphatic carbocycles. The van der Waals surface area contributed by atoms with Gasteiger partial charge < -0.3 is 0 Å². The Kier molecular flexibility index (Phi) is 5.90. The number of hydrogen-bond acceptors (Lipinski definition) is 5. The maximum absolute atomic E-state index is 11.7. The first kappa shape index (κ1) is 14.5. The van der Waals surface area contributed by atoms with Gasteiger partial charge in [-0.05, 0) is 36.4 Å². The topological polar surface area (TPSA) is 64.1 Å². The minimum Gasteiger partial charge on any atom is -0.277 e. The van der Waals surface area contributed by atoms with E-state index in [1.54, 1.807) is 17.4 Å². The fourth-order valence-electron chi connectivity index (χ4n) is 1.20. The zero-order valence-corrected chi connectivity index (χ0v) is 10.9. The zero-order chi connectivity index (χ0) is 14.1. The summed E-state index contributed by atoms with van der Waals surface area (Å²) in [6.45, 7) is 1.85. The summed E-state index contributed by atoms with van der Waals surface area (Å²) in [5, 5.41) is 3.84. The average Bonchev–Trinajstić information content (AvgIpc) is 2.90. The summed E-state index contributed by atoms with van der Waals surface area (Å²) in [7, 11) is 0. The summed E-state index contributed by atoms with van der Waals surface area (Å²) in [6.07, 6.45) is 0.250. The van der Waals surface area contributed by atoms with E-state index in [4.69, 9.17) is 9.59 Å². The summed E-state index contributed by atoms with van der Waals surface area (Å²) in [4.78, 5) is 32.0. The largest absolute Gasteiger partial charge is 0.373 e. The Hall–Kier alpha value is -2.54. The highest BCUT2D eigenvalue weighted by Crippen LogP contribution is 2.04. The van der Waals surface area contributed by atoms with E-state index in [0.29, 0.717) is 5.69 Å². The third kappa shape index (κ3) is 5.09. The first-order chi connectivity index (χ1) is 9.17. The maximum atomic E-state index is 11.7. The monoisotopic (exact) mass is 271 g/mol. The number of ketones is 1. The molecular weight excluding hydrogens is 262 g/mol. The maximum Gasteiger partial charge on any atom is 0.373 e. The quantitative estimate of drug-likeness (QED) is 0.588. The zero-order valence-electron chi connectivity index (χ0n) is 10.0. The van der Waals surface area contributed by atoms with Crippen LogP contribution in [0.3, 0.4) is 0 Å². The molecule has 5 heteroatoms. The molecule has 2 heterocycles. The summed E-state index contributed by atoms with van der Waals surface area (Å²) >= 11 is 1.56. The molecule has 0 unspecified atom stereocenters. The minimum atomic E-state index is -0.241. The molecule has 0 atom stereocenters. The normalized spacial score (nSPS) is 8.26. The standard InChI is InChI=1S/C13H9NOS.CO2/c1-10-3-2-4-12(14-10)13(15)6-5-11-7-8-16-9-11;2-1-3/h2-4,7-9H,1H3;. The Labute approximate surface area is 114 Å². The van der Waals surface area contributed by atoms with E-state index in [1.807, 2.05) is 35.9 Å². The second-order valence-corrected chi connectivity index (χ2v) is 4.12. The predicted octanol–water partition coefficient (Wildman–Crippen LogP) is 2.10. The van der Waals surface area contributed by atoms with Crippen molar-refractivity contribution in [3.05, 3.63) is 52.0 Å². The minimum absolute atomic E-state index is 0.241. The van der Waals surface area contributed by atoms with Crippen molar-refractivity contribution in [1.29, 1.82) is 0 Å². The summed E-state index contributed by atoms with van der Waals surface area (Å²) < 4.78 is 0. The van der Waals surface area contributed by atoms with Gasteiger partial charge in [0.05, 0.1) is 0 Å². The number of aromatic nitrogens is 1. The Morgan fingerprint density at radius 2 is 2.00 bits per heavy atom. The SMILES string of the molecule is Cc1cccc(C(=O)C#Cc2ccsc2)n1.O=C=O. The smallest absolute Gasteiger partial charge is 0.277 e. The van der Waals surface area contributed by atoms with Crippen molar-refractivity contribution in [2.45, 2.75) is 6.92 Å². The third-order valence-corrected chi connectivity index (χ3v) is 2.65.